The van der Waals surface area contributed by atoms with Gasteiger partial charge in [-0.05, 0) is 31.2 Å². The predicted octanol–water partition coefficient (Wildman–Crippen LogP) is 1.02. The van der Waals surface area contributed by atoms with E-state index in [9.17, 15) is 14.4 Å². The summed E-state index contributed by atoms with van der Waals surface area (Å²) in [6, 6.07) is 4.08. The number of carboxylic acid groups (broad SMARTS) is 1. The van der Waals surface area contributed by atoms with Gasteiger partial charge in [0.05, 0.1) is 16.9 Å². The highest BCUT2D eigenvalue weighted by Gasteiger charge is 2.11. The van der Waals surface area contributed by atoms with Gasteiger partial charge < -0.3 is 21.5 Å². The normalized spacial score (nSPS) is 9.90. The van der Waals surface area contributed by atoms with Gasteiger partial charge in [0.1, 0.15) is 0 Å². The molecule has 7 heteroatoms. The molecule has 0 saturated heterocycles. The summed E-state index contributed by atoms with van der Waals surface area (Å²) in [4.78, 5) is 33.7. The molecular weight excluding hydrogens is 262 g/mol. The van der Waals surface area contributed by atoms with Crippen molar-refractivity contribution in [2.24, 2.45) is 5.73 Å². The Morgan fingerprint density at radius 1 is 1.20 bits per heavy atom. The molecule has 1 aromatic rings. The Labute approximate surface area is 116 Å². The maximum atomic E-state index is 11.7. The first-order valence-corrected chi connectivity index (χ1v) is 6.09. The fourth-order valence-electron chi connectivity index (χ4n) is 1.55. The highest BCUT2D eigenvalue weighted by molar-refractivity contribution is 6.01. The van der Waals surface area contributed by atoms with Crippen LogP contribution in [0.3, 0.4) is 0 Å². The quantitative estimate of drug-likeness (QED) is 0.619. The van der Waals surface area contributed by atoms with E-state index in [0.717, 1.165) is 0 Å². The second kappa shape index (κ2) is 7.25. The van der Waals surface area contributed by atoms with E-state index in [2.05, 4.69) is 10.6 Å². The van der Waals surface area contributed by atoms with Crippen LogP contribution in [0.1, 0.15) is 30.1 Å². The van der Waals surface area contributed by atoms with Gasteiger partial charge in [0.2, 0.25) is 11.8 Å². The van der Waals surface area contributed by atoms with Gasteiger partial charge in [-0.3, -0.25) is 9.59 Å². The summed E-state index contributed by atoms with van der Waals surface area (Å²) in [5, 5.41) is 14.0. The second-order valence-corrected chi connectivity index (χ2v) is 4.19. The highest BCUT2D eigenvalue weighted by atomic mass is 16.4. The largest absolute Gasteiger partial charge is 0.478 e. The first-order chi connectivity index (χ1) is 9.43. The molecule has 7 nitrogen and oxygen atoms in total. The Hall–Kier alpha value is -2.41. The Morgan fingerprint density at radius 3 is 2.45 bits per heavy atom. The maximum absolute atomic E-state index is 11.7. The Balaban J connectivity index is 2.98. The number of nitrogens with two attached hydrogens (primary N) is 1. The Bertz CT molecular complexity index is 528. The van der Waals surface area contributed by atoms with Crippen molar-refractivity contribution in [3.8, 4) is 0 Å². The molecule has 20 heavy (non-hydrogen) atoms. The topological polar surface area (TPSA) is 122 Å². The van der Waals surface area contributed by atoms with E-state index >= 15 is 0 Å². The van der Waals surface area contributed by atoms with Crippen LogP contribution < -0.4 is 16.4 Å². The third-order valence-electron chi connectivity index (χ3n) is 2.46. The molecule has 0 aliphatic heterocycles. The summed E-state index contributed by atoms with van der Waals surface area (Å²) < 4.78 is 0. The molecule has 0 aliphatic carbocycles. The molecule has 0 bridgehead atoms. The molecule has 1 aromatic carbocycles. The van der Waals surface area contributed by atoms with Crippen molar-refractivity contribution in [1.29, 1.82) is 0 Å². The number of carbonyl (C=O) groups excluding carboxylic acids is 2. The number of carbonyl (C=O) groups is 3. The number of aromatic carboxylic acids is 1. The number of nitrogens with one attached hydrogen (secondary N) is 2. The highest BCUT2D eigenvalue weighted by Crippen LogP contribution is 2.23. The van der Waals surface area contributed by atoms with Crippen molar-refractivity contribution in [3.63, 3.8) is 0 Å². The number of benzene rings is 1. The van der Waals surface area contributed by atoms with Crippen molar-refractivity contribution in [2.45, 2.75) is 19.8 Å². The maximum Gasteiger partial charge on any atom is 0.335 e. The molecule has 0 aliphatic rings. The molecule has 0 aromatic heterocycles. The minimum absolute atomic E-state index is 0.0215. The third-order valence-corrected chi connectivity index (χ3v) is 2.46. The molecule has 0 unspecified atom stereocenters. The van der Waals surface area contributed by atoms with Gasteiger partial charge in [-0.15, -0.1) is 0 Å². The van der Waals surface area contributed by atoms with Crippen molar-refractivity contribution in [2.75, 3.05) is 17.2 Å². The molecule has 0 spiro atoms. The number of rotatable bonds is 6. The van der Waals surface area contributed by atoms with E-state index < -0.39 is 5.97 Å². The van der Waals surface area contributed by atoms with Gasteiger partial charge in [-0.25, -0.2) is 4.79 Å². The van der Waals surface area contributed by atoms with Crippen LogP contribution in [0.2, 0.25) is 0 Å². The van der Waals surface area contributed by atoms with E-state index in [1.807, 2.05) is 0 Å². The van der Waals surface area contributed by atoms with Crippen molar-refractivity contribution in [1.82, 2.24) is 0 Å². The lowest BCUT2D eigenvalue weighted by atomic mass is 10.1. The molecule has 2 amide bonds. The van der Waals surface area contributed by atoms with Gasteiger partial charge in [0.25, 0.3) is 0 Å². The lowest BCUT2D eigenvalue weighted by molar-refractivity contribution is -0.116. The van der Waals surface area contributed by atoms with Crippen LogP contribution in [0.25, 0.3) is 0 Å². The molecule has 0 atom stereocenters. The van der Waals surface area contributed by atoms with Crippen LogP contribution in [0.5, 0.6) is 0 Å². The average Bonchev–Trinajstić information content (AvgIpc) is 2.37. The van der Waals surface area contributed by atoms with Crippen LogP contribution in [-0.2, 0) is 9.59 Å². The molecule has 0 heterocycles. The van der Waals surface area contributed by atoms with E-state index in [4.69, 9.17) is 10.8 Å². The van der Waals surface area contributed by atoms with Crippen LogP contribution in [0, 0.1) is 0 Å². The first-order valence-electron chi connectivity index (χ1n) is 6.09. The van der Waals surface area contributed by atoms with Crippen LogP contribution >= 0.6 is 0 Å². The van der Waals surface area contributed by atoms with Crippen molar-refractivity contribution in [3.05, 3.63) is 23.8 Å². The zero-order valence-electron chi connectivity index (χ0n) is 11.1. The zero-order valence-corrected chi connectivity index (χ0v) is 11.1. The molecule has 108 valence electrons. The van der Waals surface area contributed by atoms with Gasteiger partial charge >= 0.3 is 5.97 Å². The fraction of sp³-hybridized carbons (Fsp3) is 0.308. The van der Waals surface area contributed by atoms with Gasteiger partial charge in [-0.2, -0.15) is 0 Å². The van der Waals surface area contributed by atoms with Gasteiger partial charge in [0, 0.05) is 13.3 Å². The standard InChI is InChI=1S/C13H17N3O4/c1-8(17)15-10-5-4-9(13(19)20)7-11(10)16-12(18)3-2-6-14/h4-5,7H,2-3,6,14H2,1H3,(H,15,17)(H,16,18)(H,19,20). The fourth-order valence-corrected chi connectivity index (χ4v) is 1.55. The van der Waals surface area contributed by atoms with E-state index in [1.165, 1.54) is 25.1 Å². The van der Waals surface area contributed by atoms with Gasteiger partial charge in [0.15, 0.2) is 0 Å². The number of hydrogen-bond acceptors (Lipinski definition) is 4. The number of anilines is 2. The third kappa shape index (κ3) is 4.69. The van der Waals surface area contributed by atoms with Crippen molar-refractivity contribution >= 4 is 29.2 Å². The smallest absolute Gasteiger partial charge is 0.335 e. The zero-order chi connectivity index (χ0) is 15.1. The Kier molecular flexibility index (Phi) is 5.67. The summed E-state index contributed by atoms with van der Waals surface area (Å²) in [5.74, 6) is -1.72. The summed E-state index contributed by atoms with van der Waals surface area (Å²) in [7, 11) is 0. The minimum Gasteiger partial charge on any atom is -0.478 e. The second-order valence-electron chi connectivity index (χ2n) is 4.19. The summed E-state index contributed by atoms with van der Waals surface area (Å²) in [6.07, 6.45) is 0.757. The lowest BCUT2D eigenvalue weighted by Crippen LogP contribution is -2.16. The predicted molar refractivity (Wildman–Crippen MR) is 74.6 cm³/mol. The molecular formula is C13H17N3O4. The summed E-state index contributed by atoms with van der Waals surface area (Å²) in [5.41, 5.74) is 5.94. The monoisotopic (exact) mass is 279 g/mol. The van der Waals surface area contributed by atoms with Gasteiger partial charge in [-0.1, -0.05) is 0 Å². The average molecular weight is 279 g/mol. The molecule has 0 saturated carbocycles. The van der Waals surface area contributed by atoms with Crippen molar-refractivity contribution < 1.29 is 19.5 Å². The summed E-state index contributed by atoms with van der Waals surface area (Å²) >= 11 is 0. The molecule has 1 rings (SSSR count). The van der Waals surface area contributed by atoms with Crippen LogP contribution in [-0.4, -0.2) is 29.4 Å². The summed E-state index contributed by atoms with van der Waals surface area (Å²) in [6.45, 7) is 1.71. The lowest BCUT2D eigenvalue weighted by Gasteiger charge is -2.12. The molecule has 0 fully saturated rings. The molecule has 5 N–H and O–H groups in total. The van der Waals surface area contributed by atoms with Crippen LogP contribution in [0.15, 0.2) is 18.2 Å². The first kappa shape index (κ1) is 15.6. The van der Waals surface area contributed by atoms with E-state index in [-0.39, 0.29) is 29.5 Å². The number of carboxylic acids is 1. The number of hydrogen-bond donors (Lipinski definition) is 4. The van der Waals surface area contributed by atoms with E-state index in [1.54, 1.807) is 0 Å². The van der Waals surface area contributed by atoms with E-state index in [0.29, 0.717) is 18.7 Å². The minimum atomic E-state index is -1.11. The number of amides is 2. The SMILES string of the molecule is CC(=O)Nc1ccc(C(=O)O)cc1NC(=O)CCCN. The Morgan fingerprint density at radius 2 is 1.90 bits per heavy atom. The molecule has 0 radical (unpaired) electrons. The van der Waals surface area contributed by atoms with Crippen LogP contribution in [0.4, 0.5) is 11.4 Å².